The smallest absolute Gasteiger partial charge is 0.244 e. The van der Waals surface area contributed by atoms with E-state index in [1.54, 1.807) is 0 Å². The molecule has 5 nitrogen and oxygen atoms in total. The van der Waals surface area contributed by atoms with Gasteiger partial charge in [-0.1, -0.05) is 24.3 Å². The Bertz CT molecular complexity index is 603. The van der Waals surface area contributed by atoms with E-state index < -0.39 is 0 Å². The van der Waals surface area contributed by atoms with Crippen molar-refractivity contribution >= 4 is 5.91 Å². The number of aliphatic hydroxyl groups is 1. The molecule has 2 heterocycles. The van der Waals surface area contributed by atoms with Gasteiger partial charge in [0.1, 0.15) is 6.04 Å². The molecule has 2 saturated heterocycles. The molecule has 3 rings (SSSR count). The molecule has 1 aromatic carbocycles. The Balaban J connectivity index is 1.62. The van der Waals surface area contributed by atoms with E-state index in [0.717, 1.165) is 57.4 Å². The van der Waals surface area contributed by atoms with Crippen LogP contribution in [0.5, 0.6) is 0 Å². The predicted molar refractivity (Wildman–Crippen MR) is 104 cm³/mol. The van der Waals surface area contributed by atoms with Crippen molar-refractivity contribution in [2.24, 2.45) is 0 Å². The number of hydrogen-bond acceptors (Lipinski definition) is 4. The number of nitrogens with zero attached hydrogens (tertiary/aromatic N) is 3. The second-order valence-corrected chi connectivity index (χ2v) is 8.05. The minimum absolute atomic E-state index is 0.122. The monoisotopic (exact) mass is 359 g/mol. The van der Waals surface area contributed by atoms with Gasteiger partial charge in [-0.15, -0.1) is 0 Å². The SMILES string of the molecule is Cc1ccccc1[C@H](C(=O)N1CCC(N2CCC(O)CC2)CC1)N(C)C. The number of amides is 1. The minimum atomic E-state index is -0.210. The highest BCUT2D eigenvalue weighted by atomic mass is 16.3. The standard InChI is InChI=1S/C21H33N3O2/c1-16-6-4-5-7-19(16)20(22(2)3)21(26)24-12-8-17(9-13-24)23-14-10-18(25)11-15-23/h4-7,17-18,20,25H,8-15H2,1-3H3/t20-/m1/s1. The third-order valence-corrected chi connectivity index (χ3v) is 6.02. The fraction of sp³-hybridized carbons (Fsp3) is 0.667. The number of rotatable bonds is 4. The second-order valence-electron chi connectivity index (χ2n) is 8.05. The summed E-state index contributed by atoms with van der Waals surface area (Å²) in [5.74, 6) is 0.219. The average molecular weight is 360 g/mol. The van der Waals surface area contributed by atoms with Crippen LogP contribution >= 0.6 is 0 Å². The lowest BCUT2D eigenvalue weighted by molar-refractivity contribution is -0.138. The zero-order valence-electron chi connectivity index (χ0n) is 16.4. The number of piperidine rings is 2. The maximum Gasteiger partial charge on any atom is 0.244 e. The molecule has 5 heteroatoms. The Hall–Kier alpha value is -1.43. The van der Waals surface area contributed by atoms with Gasteiger partial charge in [0.05, 0.1) is 6.10 Å². The topological polar surface area (TPSA) is 47.0 Å². The van der Waals surface area contributed by atoms with Gasteiger partial charge in [-0.3, -0.25) is 9.69 Å². The Labute approximate surface area is 157 Å². The first kappa shape index (κ1) is 19.3. The second kappa shape index (κ2) is 8.51. The van der Waals surface area contributed by atoms with Gasteiger partial charge in [-0.05, 0) is 57.8 Å². The first-order chi connectivity index (χ1) is 12.5. The minimum Gasteiger partial charge on any atom is -0.393 e. The Kier molecular flexibility index (Phi) is 6.33. The number of benzene rings is 1. The van der Waals surface area contributed by atoms with Crippen molar-refractivity contribution in [3.05, 3.63) is 35.4 Å². The van der Waals surface area contributed by atoms with Crippen LogP contribution in [0.3, 0.4) is 0 Å². The molecular weight excluding hydrogens is 326 g/mol. The van der Waals surface area contributed by atoms with Crippen molar-refractivity contribution in [1.29, 1.82) is 0 Å². The lowest BCUT2D eigenvalue weighted by Crippen LogP contribution is -2.51. The van der Waals surface area contributed by atoms with Gasteiger partial charge in [0.25, 0.3) is 0 Å². The Morgan fingerprint density at radius 3 is 2.27 bits per heavy atom. The van der Waals surface area contributed by atoms with Crippen LogP contribution in [-0.4, -0.2) is 78.1 Å². The zero-order valence-corrected chi connectivity index (χ0v) is 16.4. The van der Waals surface area contributed by atoms with Crippen LogP contribution in [0.1, 0.15) is 42.9 Å². The lowest BCUT2D eigenvalue weighted by Gasteiger charge is -2.42. The van der Waals surface area contributed by atoms with Gasteiger partial charge in [-0.25, -0.2) is 0 Å². The first-order valence-electron chi connectivity index (χ1n) is 9.90. The number of hydrogen-bond donors (Lipinski definition) is 1. The molecule has 1 N–H and O–H groups in total. The molecule has 1 amide bonds. The summed E-state index contributed by atoms with van der Waals surface area (Å²) in [7, 11) is 3.97. The summed E-state index contributed by atoms with van der Waals surface area (Å²) in [6.45, 7) is 5.72. The maximum absolute atomic E-state index is 13.3. The highest BCUT2D eigenvalue weighted by Crippen LogP contribution is 2.27. The van der Waals surface area contributed by atoms with Crippen LogP contribution < -0.4 is 0 Å². The molecule has 0 bridgehead atoms. The third-order valence-electron chi connectivity index (χ3n) is 6.02. The number of aliphatic hydroxyl groups excluding tert-OH is 1. The molecule has 0 aliphatic carbocycles. The molecule has 2 aliphatic heterocycles. The van der Waals surface area contributed by atoms with Crippen LogP contribution in [0.15, 0.2) is 24.3 Å². The van der Waals surface area contributed by atoms with Crippen molar-refractivity contribution in [2.75, 3.05) is 40.3 Å². The Morgan fingerprint density at radius 2 is 1.69 bits per heavy atom. The number of likely N-dealkylation sites (N-methyl/N-ethyl adjacent to an activating group) is 1. The molecular formula is C21H33N3O2. The molecule has 0 saturated carbocycles. The van der Waals surface area contributed by atoms with Crippen LogP contribution in [-0.2, 0) is 4.79 Å². The fourth-order valence-corrected chi connectivity index (χ4v) is 4.40. The van der Waals surface area contributed by atoms with Crippen LogP contribution in [0.4, 0.5) is 0 Å². The maximum atomic E-state index is 13.3. The van der Waals surface area contributed by atoms with Crippen LogP contribution in [0.25, 0.3) is 0 Å². The van der Waals surface area contributed by atoms with E-state index in [-0.39, 0.29) is 18.1 Å². The number of likely N-dealkylation sites (tertiary alicyclic amines) is 2. The van der Waals surface area contributed by atoms with E-state index in [2.05, 4.69) is 24.0 Å². The molecule has 2 aliphatic rings. The molecule has 0 spiro atoms. The number of aryl methyl sites for hydroxylation is 1. The van der Waals surface area contributed by atoms with Crippen molar-refractivity contribution < 1.29 is 9.90 Å². The van der Waals surface area contributed by atoms with Gasteiger partial charge in [0.2, 0.25) is 5.91 Å². The molecule has 144 valence electrons. The largest absolute Gasteiger partial charge is 0.393 e. The summed E-state index contributed by atoms with van der Waals surface area (Å²) in [6, 6.07) is 8.54. The number of carbonyl (C=O) groups excluding carboxylic acids is 1. The molecule has 0 aromatic heterocycles. The normalized spacial score (nSPS) is 22.0. The van der Waals surface area contributed by atoms with E-state index in [9.17, 15) is 9.90 Å². The van der Waals surface area contributed by atoms with E-state index in [0.29, 0.717) is 6.04 Å². The van der Waals surface area contributed by atoms with Gasteiger partial charge in [-0.2, -0.15) is 0 Å². The molecule has 0 radical (unpaired) electrons. The summed E-state index contributed by atoms with van der Waals surface area (Å²) < 4.78 is 0. The van der Waals surface area contributed by atoms with E-state index in [4.69, 9.17) is 0 Å². The fourth-order valence-electron chi connectivity index (χ4n) is 4.40. The Morgan fingerprint density at radius 1 is 1.08 bits per heavy atom. The van der Waals surface area contributed by atoms with Gasteiger partial charge < -0.3 is 14.9 Å². The zero-order chi connectivity index (χ0) is 18.7. The summed E-state index contributed by atoms with van der Waals surface area (Å²) in [5, 5.41) is 9.70. The molecule has 0 unspecified atom stereocenters. The lowest BCUT2D eigenvalue weighted by atomic mass is 9.96. The molecule has 2 fully saturated rings. The van der Waals surface area contributed by atoms with E-state index in [1.807, 2.05) is 36.0 Å². The van der Waals surface area contributed by atoms with Gasteiger partial charge in [0.15, 0.2) is 0 Å². The molecule has 1 atom stereocenters. The summed E-state index contributed by atoms with van der Waals surface area (Å²) in [6.07, 6.45) is 3.72. The van der Waals surface area contributed by atoms with E-state index >= 15 is 0 Å². The third kappa shape index (κ3) is 4.27. The highest BCUT2D eigenvalue weighted by molar-refractivity contribution is 5.83. The van der Waals surface area contributed by atoms with Gasteiger partial charge >= 0.3 is 0 Å². The average Bonchev–Trinajstić information content (AvgIpc) is 2.64. The summed E-state index contributed by atoms with van der Waals surface area (Å²) in [4.78, 5) is 19.8. The highest BCUT2D eigenvalue weighted by Gasteiger charge is 2.33. The molecule has 26 heavy (non-hydrogen) atoms. The number of carbonyl (C=O) groups is 1. The van der Waals surface area contributed by atoms with Crippen molar-refractivity contribution in [3.63, 3.8) is 0 Å². The first-order valence-corrected chi connectivity index (χ1v) is 9.90. The van der Waals surface area contributed by atoms with Crippen LogP contribution in [0.2, 0.25) is 0 Å². The van der Waals surface area contributed by atoms with Crippen molar-refractivity contribution in [1.82, 2.24) is 14.7 Å². The van der Waals surface area contributed by atoms with Crippen molar-refractivity contribution in [2.45, 2.75) is 50.8 Å². The predicted octanol–water partition coefficient (Wildman–Crippen LogP) is 2.05. The summed E-state index contributed by atoms with van der Waals surface area (Å²) in [5.41, 5.74) is 2.27. The quantitative estimate of drug-likeness (QED) is 0.894. The summed E-state index contributed by atoms with van der Waals surface area (Å²) >= 11 is 0. The molecule has 1 aromatic rings. The van der Waals surface area contributed by atoms with Gasteiger partial charge in [0, 0.05) is 32.2 Å². The van der Waals surface area contributed by atoms with Crippen molar-refractivity contribution in [3.8, 4) is 0 Å². The van der Waals surface area contributed by atoms with Crippen LogP contribution in [0, 0.1) is 6.92 Å². The van der Waals surface area contributed by atoms with E-state index in [1.165, 1.54) is 5.56 Å².